The summed E-state index contributed by atoms with van der Waals surface area (Å²) in [5.74, 6) is 0.503. The predicted molar refractivity (Wildman–Crippen MR) is 119 cm³/mol. The molecule has 0 N–H and O–H groups in total. The molecule has 0 saturated heterocycles. The largest absolute Gasteiger partial charge is 0.497 e. The van der Waals surface area contributed by atoms with Crippen molar-refractivity contribution in [3.05, 3.63) is 87.0 Å². The lowest BCUT2D eigenvalue weighted by molar-refractivity contribution is -0.119. The first-order valence-electron chi connectivity index (χ1n) is 9.50. The summed E-state index contributed by atoms with van der Waals surface area (Å²) in [5.41, 5.74) is 1.18. The van der Waals surface area contributed by atoms with E-state index < -0.39 is 0 Å². The number of ether oxygens (including phenoxy) is 1. The van der Waals surface area contributed by atoms with Crippen LogP contribution in [0.3, 0.4) is 0 Å². The van der Waals surface area contributed by atoms with E-state index in [0.717, 1.165) is 16.0 Å². The number of benzene rings is 2. The third kappa shape index (κ3) is 3.97. The summed E-state index contributed by atoms with van der Waals surface area (Å²) >= 11 is 1.58. The minimum Gasteiger partial charge on any atom is -0.497 e. The second kappa shape index (κ2) is 8.51. The Hall–Kier alpha value is -3.45. The Kier molecular flexibility index (Phi) is 5.63. The number of hydrogen-bond donors (Lipinski definition) is 0. The van der Waals surface area contributed by atoms with Crippen LogP contribution in [-0.4, -0.2) is 22.8 Å². The Morgan fingerprint density at radius 2 is 1.80 bits per heavy atom. The molecular weight excluding hydrogens is 398 g/mol. The van der Waals surface area contributed by atoms with Gasteiger partial charge in [-0.25, -0.2) is 4.68 Å². The van der Waals surface area contributed by atoms with Gasteiger partial charge in [-0.15, -0.1) is 11.3 Å². The molecule has 4 aromatic rings. The molecule has 0 radical (unpaired) electrons. The average Bonchev–Trinajstić information content (AvgIpc) is 3.29. The highest BCUT2D eigenvalue weighted by Crippen LogP contribution is 2.23. The minimum atomic E-state index is -0.268. The molecule has 4 rings (SSSR count). The molecule has 30 heavy (non-hydrogen) atoms. The fourth-order valence-electron chi connectivity index (χ4n) is 3.37. The van der Waals surface area contributed by atoms with Gasteiger partial charge in [0.1, 0.15) is 12.3 Å². The van der Waals surface area contributed by atoms with Crippen LogP contribution < -0.4 is 15.2 Å². The van der Waals surface area contributed by atoms with Crippen LogP contribution in [0.25, 0.3) is 10.8 Å². The van der Waals surface area contributed by atoms with Crippen LogP contribution in [0, 0.1) is 6.92 Å². The van der Waals surface area contributed by atoms with E-state index in [4.69, 9.17) is 4.74 Å². The van der Waals surface area contributed by atoms with Crippen LogP contribution >= 0.6 is 11.3 Å². The highest BCUT2D eigenvalue weighted by Gasteiger charge is 2.19. The van der Waals surface area contributed by atoms with Crippen molar-refractivity contribution < 1.29 is 9.53 Å². The summed E-state index contributed by atoms with van der Waals surface area (Å²) in [6.45, 7) is 2.13. The number of aromatic nitrogens is 2. The summed E-state index contributed by atoms with van der Waals surface area (Å²) in [6, 6.07) is 18.6. The number of carbonyl (C=O) groups excluding carboxylic acids is 1. The standard InChI is InChI=1S/C23H21N3O3S/c1-16-20-7-3-4-8-21(20)23(28)26(24-16)15-22(27)25(14-19-6-5-13-30-19)17-9-11-18(29-2)12-10-17/h3-13H,14-15H2,1-2H3. The maximum atomic E-state index is 13.3. The molecular formula is C23H21N3O3S. The molecule has 152 valence electrons. The molecule has 0 spiro atoms. The molecule has 0 fully saturated rings. The van der Waals surface area contributed by atoms with Gasteiger partial charge in [0.2, 0.25) is 5.91 Å². The van der Waals surface area contributed by atoms with Crippen molar-refractivity contribution in [3.8, 4) is 5.75 Å². The number of methoxy groups -OCH3 is 1. The fourth-order valence-corrected chi connectivity index (χ4v) is 4.06. The molecule has 0 aliphatic heterocycles. The van der Waals surface area contributed by atoms with Gasteiger partial charge < -0.3 is 9.64 Å². The van der Waals surface area contributed by atoms with Gasteiger partial charge in [-0.1, -0.05) is 24.3 Å². The van der Waals surface area contributed by atoms with Crippen LogP contribution in [0.1, 0.15) is 10.6 Å². The Bertz CT molecular complexity index is 1230. The summed E-state index contributed by atoms with van der Waals surface area (Å²) in [6.07, 6.45) is 0. The zero-order valence-corrected chi connectivity index (χ0v) is 17.6. The maximum absolute atomic E-state index is 13.3. The molecule has 0 saturated carbocycles. The second-order valence-corrected chi connectivity index (χ2v) is 7.88. The minimum absolute atomic E-state index is 0.137. The molecule has 0 unspecified atom stereocenters. The first kappa shape index (κ1) is 19.8. The van der Waals surface area contributed by atoms with Gasteiger partial charge in [0, 0.05) is 16.0 Å². The lowest BCUT2D eigenvalue weighted by Gasteiger charge is -2.23. The monoisotopic (exact) mass is 419 g/mol. The predicted octanol–water partition coefficient (Wildman–Crippen LogP) is 4.01. The first-order chi connectivity index (χ1) is 14.6. The van der Waals surface area contributed by atoms with E-state index in [1.165, 1.54) is 4.68 Å². The van der Waals surface area contributed by atoms with Gasteiger partial charge in [-0.2, -0.15) is 5.10 Å². The molecule has 0 bridgehead atoms. The SMILES string of the molecule is COc1ccc(N(Cc2cccs2)C(=O)Cn2nc(C)c3ccccc3c2=O)cc1. The number of fused-ring (bicyclic) bond motifs is 1. The number of anilines is 1. The summed E-state index contributed by atoms with van der Waals surface area (Å²) in [7, 11) is 1.60. The lowest BCUT2D eigenvalue weighted by Crippen LogP contribution is -2.37. The van der Waals surface area contributed by atoms with Crippen LogP contribution in [0.5, 0.6) is 5.75 Å². The quantitative estimate of drug-likeness (QED) is 0.474. The second-order valence-electron chi connectivity index (χ2n) is 6.85. The number of amides is 1. The first-order valence-corrected chi connectivity index (χ1v) is 10.4. The van der Waals surface area contributed by atoms with E-state index in [2.05, 4.69) is 5.10 Å². The summed E-state index contributed by atoms with van der Waals surface area (Å²) in [4.78, 5) is 28.9. The number of thiophene rings is 1. The van der Waals surface area contributed by atoms with Gasteiger partial charge >= 0.3 is 0 Å². The molecule has 7 heteroatoms. The third-order valence-electron chi connectivity index (χ3n) is 4.92. The van der Waals surface area contributed by atoms with Crippen LogP contribution in [-0.2, 0) is 17.9 Å². The van der Waals surface area contributed by atoms with E-state index in [-0.39, 0.29) is 18.0 Å². The molecule has 0 aliphatic carbocycles. The van der Waals surface area contributed by atoms with Crippen molar-refractivity contribution >= 4 is 33.7 Å². The highest BCUT2D eigenvalue weighted by molar-refractivity contribution is 7.09. The zero-order valence-electron chi connectivity index (χ0n) is 16.7. The van der Waals surface area contributed by atoms with Gasteiger partial charge in [-0.3, -0.25) is 9.59 Å². The van der Waals surface area contributed by atoms with Crippen molar-refractivity contribution in [2.24, 2.45) is 0 Å². The summed E-state index contributed by atoms with van der Waals surface area (Å²) < 4.78 is 6.48. The zero-order chi connectivity index (χ0) is 21.1. The van der Waals surface area contributed by atoms with E-state index in [0.29, 0.717) is 23.4 Å². The average molecular weight is 420 g/mol. The molecule has 0 atom stereocenters. The van der Waals surface area contributed by atoms with Crippen molar-refractivity contribution in [2.45, 2.75) is 20.0 Å². The van der Waals surface area contributed by atoms with E-state index in [9.17, 15) is 9.59 Å². The van der Waals surface area contributed by atoms with Gasteiger partial charge in [0.15, 0.2) is 0 Å². The van der Waals surface area contributed by atoms with Gasteiger partial charge in [0.25, 0.3) is 5.56 Å². The summed E-state index contributed by atoms with van der Waals surface area (Å²) in [5, 5.41) is 7.72. The van der Waals surface area contributed by atoms with Gasteiger partial charge in [0.05, 0.1) is 24.7 Å². The van der Waals surface area contributed by atoms with Crippen molar-refractivity contribution in [3.63, 3.8) is 0 Å². The third-order valence-corrected chi connectivity index (χ3v) is 5.78. The number of carbonyl (C=O) groups is 1. The molecule has 0 aliphatic rings. The van der Waals surface area contributed by atoms with E-state index in [1.807, 2.05) is 66.9 Å². The smallest absolute Gasteiger partial charge is 0.275 e. The number of aryl methyl sites for hydroxylation is 1. The van der Waals surface area contributed by atoms with Crippen molar-refractivity contribution in [2.75, 3.05) is 12.0 Å². The molecule has 2 aromatic heterocycles. The van der Waals surface area contributed by atoms with Crippen LogP contribution in [0.15, 0.2) is 70.8 Å². The lowest BCUT2D eigenvalue weighted by atomic mass is 10.1. The number of nitrogens with zero attached hydrogens (tertiary/aromatic N) is 3. The molecule has 6 nitrogen and oxygen atoms in total. The van der Waals surface area contributed by atoms with Gasteiger partial charge in [-0.05, 0) is 48.7 Å². The topological polar surface area (TPSA) is 64.4 Å². The van der Waals surface area contributed by atoms with Crippen molar-refractivity contribution in [1.29, 1.82) is 0 Å². The van der Waals surface area contributed by atoms with E-state index in [1.54, 1.807) is 29.4 Å². The Labute approximate surface area is 178 Å². The normalized spacial score (nSPS) is 10.9. The molecule has 1 amide bonds. The Balaban J connectivity index is 1.69. The van der Waals surface area contributed by atoms with Crippen molar-refractivity contribution in [1.82, 2.24) is 9.78 Å². The van der Waals surface area contributed by atoms with Crippen LogP contribution in [0.4, 0.5) is 5.69 Å². The Morgan fingerprint density at radius 3 is 2.47 bits per heavy atom. The Morgan fingerprint density at radius 1 is 1.07 bits per heavy atom. The van der Waals surface area contributed by atoms with E-state index >= 15 is 0 Å². The molecule has 2 heterocycles. The molecule has 2 aromatic carbocycles. The maximum Gasteiger partial charge on any atom is 0.275 e. The number of rotatable bonds is 6. The fraction of sp³-hybridized carbons (Fsp3) is 0.174. The van der Waals surface area contributed by atoms with Crippen LogP contribution in [0.2, 0.25) is 0 Å². The number of hydrogen-bond acceptors (Lipinski definition) is 5. The highest BCUT2D eigenvalue weighted by atomic mass is 32.1.